The first-order chi connectivity index (χ1) is 10.7. The Morgan fingerprint density at radius 2 is 2.04 bits per heavy atom. The van der Waals surface area contributed by atoms with Crippen molar-refractivity contribution in [3.05, 3.63) is 18.0 Å². The van der Waals surface area contributed by atoms with E-state index in [1.165, 1.54) is 23.9 Å². The van der Waals surface area contributed by atoms with Gasteiger partial charge in [0, 0.05) is 32.3 Å². The van der Waals surface area contributed by atoms with E-state index < -0.39 is 16.0 Å². The molecule has 0 aliphatic rings. The van der Waals surface area contributed by atoms with Crippen molar-refractivity contribution in [3.63, 3.8) is 0 Å². The number of hydrogen-bond donors (Lipinski definition) is 2. The van der Waals surface area contributed by atoms with Gasteiger partial charge in [0.2, 0.25) is 15.9 Å². The molecule has 2 N–H and O–H groups in total. The maximum atomic E-state index is 12.2. The Hall–Kier alpha value is -1.87. The summed E-state index contributed by atoms with van der Waals surface area (Å²) in [6.07, 6.45) is 2.16. The van der Waals surface area contributed by atoms with Gasteiger partial charge in [-0.05, 0) is 19.4 Å². The largest absolute Gasteiger partial charge is 0.464 e. The molecule has 0 aromatic carbocycles. The maximum Gasteiger partial charge on any atom is 0.354 e. The Labute approximate surface area is 136 Å². The van der Waals surface area contributed by atoms with Gasteiger partial charge in [-0.1, -0.05) is 6.92 Å². The number of aryl methyl sites for hydroxylation is 1. The standard InChI is InChI=1S/C14H23N3O5S/c1-5-10(2)16-13(18)6-7-15-23(20,21)11-8-12(14(19)22-4)17(3)9-11/h8-10,15H,5-7H2,1-4H3,(H,16,18)/t10-/m1/s1. The smallest absolute Gasteiger partial charge is 0.354 e. The van der Waals surface area contributed by atoms with Gasteiger partial charge in [0.1, 0.15) is 10.6 Å². The average Bonchev–Trinajstić information content (AvgIpc) is 2.88. The normalized spacial score (nSPS) is 12.7. The van der Waals surface area contributed by atoms with Crippen molar-refractivity contribution in [3.8, 4) is 0 Å². The third kappa shape index (κ3) is 5.36. The van der Waals surface area contributed by atoms with Gasteiger partial charge in [-0.15, -0.1) is 0 Å². The topological polar surface area (TPSA) is 106 Å². The summed E-state index contributed by atoms with van der Waals surface area (Å²) in [4.78, 5) is 23.1. The number of aromatic nitrogens is 1. The van der Waals surface area contributed by atoms with E-state index in [1.54, 1.807) is 7.05 Å². The molecule has 23 heavy (non-hydrogen) atoms. The van der Waals surface area contributed by atoms with Crippen LogP contribution in [-0.2, 0) is 26.6 Å². The average molecular weight is 345 g/mol. The Morgan fingerprint density at radius 3 is 2.61 bits per heavy atom. The van der Waals surface area contributed by atoms with Crippen molar-refractivity contribution in [1.82, 2.24) is 14.6 Å². The lowest BCUT2D eigenvalue weighted by Gasteiger charge is -2.11. The number of sulfonamides is 1. The van der Waals surface area contributed by atoms with E-state index in [9.17, 15) is 18.0 Å². The summed E-state index contributed by atoms with van der Waals surface area (Å²) in [6.45, 7) is 3.80. The Kier molecular flexibility index (Phi) is 6.77. The molecule has 0 aliphatic carbocycles. The van der Waals surface area contributed by atoms with Gasteiger partial charge in [-0.3, -0.25) is 4.79 Å². The number of amides is 1. The zero-order valence-electron chi connectivity index (χ0n) is 13.8. The SMILES string of the molecule is CC[C@@H](C)NC(=O)CCNS(=O)(=O)c1cc(C(=O)OC)n(C)c1. The molecule has 1 aromatic rings. The van der Waals surface area contributed by atoms with Gasteiger partial charge >= 0.3 is 5.97 Å². The minimum absolute atomic E-state index is 0.0208. The molecule has 0 spiro atoms. The van der Waals surface area contributed by atoms with E-state index in [0.717, 1.165) is 6.42 Å². The molecule has 1 heterocycles. The van der Waals surface area contributed by atoms with Crippen molar-refractivity contribution < 1.29 is 22.7 Å². The van der Waals surface area contributed by atoms with E-state index in [4.69, 9.17) is 0 Å². The van der Waals surface area contributed by atoms with Gasteiger partial charge in [-0.2, -0.15) is 0 Å². The summed E-state index contributed by atoms with van der Waals surface area (Å²) < 4.78 is 32.6. The molecule has 1 aromatic heterocycles. The molecule has 9 heteroatoms. The minimum atomic E-state index is -3.79. The van der Waals surface area contributed by atoms with Crippen LogP contribution in [0.1, 0.15) is 37.2 Å². The van der Waals surface area contributed by atoms with Crippen LogP contribution in [0.15, 0.2) is 17.2 Å². The van der Waals surface area contributed by atoms with Crippen LogP contribution in [0, 0.1) is 0 Å². The third-order valence-electron chi connectivity index (χ3n) is 3.35. The highest BCUT2D eigenvalue weighted by Gasteiger charge is 2.20. The predicted octanol–water partition coefficient (Wildman–Crippen LogP) is 0.395. The van der Waals surface area contributed by atoms with Gasteiger partial charge < -0.3 is 14.6 Å². The molecule has 0 fully saturated rings. The summed E-state index contributed by atoms with van der Waals surface area (Å²) in [5, 5.41) is 2.75. The summed E-state index contributed by atoms with van der Waals surface area (Å²) in [7, 11) is -1.03. The Balaban J connectivity index is 2.66. The second-order valence-corrected chi connectivity index (χ2v) is 6.96. The first kappa shape index (κ1) is 19.2. The van der Waals surface area contributed by atoms with Crippen LogP contribution in [0.4, 0.5) is 0 Å². The fourth-order valence-corrected chi connectivity index (χ4v) is 2.92. The lowest BCUT2D eigenvalue weighted by atomic mass is 10.2. The molecule has 1 amide bonds. The Bertz CT molecular complexity index is 666. The summed E-state index contributed by atoms with van der Waals surface area (Å²) in [5.74, 6) is -0.841. The summed E-state index contributed by atoms with van der Waals surface area (Å²) in [5.41, 5.74) is 0.127. The van der Waals surface area contributed by atoms with Crippen LogP contribution in [0.3, 0.4) is 0 Å². The molecular formula is C14H23N3O5S. The fraction of sp³-hybridized carbons (Fsp3) is 0.571. The van der Waals surface area contributed by atoms with Gasteiger partial charge in [0.05, 0.1) is 7.11 Å². The molecule has 1 rings (SSSR count). The second kappa shape index (κ2) is 8.11. The zero-order chi connectivity index (χ0) is 17.6. The number of methoxy groups -OCH3 is 1. The Morgan fingerprint density at radius 1 is 1.39 bits per heavy atom. The van der Waals surface area contributed by atoms with Gasteiger partial charge in [0.15, 0.2) is 0 Å². The number of carbonyl (C=O) groups excluding carboxylic acids is 2. The van der Waals surface area contributed by atoms with Crippen LogP contribution in [0.25, 0.3) is 0 Å². The molecule has 0 aliphatic heterocycles. The number of carbonyl (C=O) groups is 2. The molecule has 0 saturated heterocycles. The second-order valence-electron chi connectivity index (χ2n) is 5.19. The molecule has 1 atom stereocenters. The van der Waals surface area contributed by atoms with Gasteiger partial charge in [-0.25, -0.2) is 17.9 Å². The lowest BCUT2D eigenvalue weighted by Crippen LogP contribution is -2.35. The first-order valence-electron chi connectivity index (χ1n) is 7.25. The maximum absolute atomic E-state index is 12.2. The van der Waals surface area contributed by atoms with Crippen molar-refractivity contribution >= 4 is 21.9 Å². The molecular weight excluding hydrogens is 322 g/mol. The molecule has 0 bridgehead atoms. The van der Waals surface area contributed by atoms with E-state index in [1.807, 2.05) is 13.8 Å². The predicted molar refractivity (Wildman–Crippen MR) is 84.5 cm³/mol. The van der Waals surface area contributed by atoms with Crippen LogP contribution in [0.5, 0.6) is 0 Å². The van der Waals surface area contributed by atoms with E-state index >= 15 is 0 Å². The van der Waals surface area contributed by atoms with Crippen LogP contribution < -0.4 is 10.0 Å². The van der Waals surface area contributed by atoms with Gasteiger partial charge in [0.25, 0.3) is 0 Å². The van der Waals surface area contributed by atoms with E-state index in [0.29, 0.717) is 0 Å². The summed E-state index contributed by atoms with van der Waals surface area (Å²) in [6, 6.07) is 1.28. The minimum Gasteiger partial charge on any atom is -0.464 e. The third-order valence-corrected chi connectivity index (χ3v) is 4.78. The monoisotopic (exact) mass is 345 g/mol. The van der Waals surface area contributed by atoms with Crippen molar-refractivity contribution in [1.29, 1.82) is 0 Å². The molecule has 0 unspecified atom stereocenters. The molecule has 0 saturated carbocycles. The molecule has 8 nitrogen and oxygen atoms in total. The number of rotatable bonds is 8. The lowest BCUT2D eigenvalue weighted by molar-refractivity contribution is -0.121. The molecule has 130 valence electrons. The highest BCUT2D eigenvalue weighted by Crippen LogP contribution is 2.14. The first-order valence-corrected chi connectivity index (χ1v) is 8.73. The number of hydrogen-bond acceptors (Lipinski definition) is 5. The zero-order valence-corrected chi connectivity index (χ0v) is 14.6. The van der Waals surface area contributed by atoms with Crippen molar-refractivity contribution in [2.45, 2.75) is 37.6 Å². The quantitative estimate of drug-likeness (QED) is 0.663. The summed E-state index contributed by atoms with van der Waals surface area (Å²) >= 11 is 0. The van der Waals surface area contributed by atoms with Crippen LogP contribution in [0.2, 0.25) is 0 Å². The number of esters is 1. The van der Waals surface area contributed by atoms with E-state index in [-0.39, 0.29) is 35.5 Å². The number of nitrogens with one attached hydrogen (secondary N) is 2. The van der Waals surface area contributed by atoms with E-state index in [2.05, 4.69) is 14.8 Å². The van der Waals surface area contributed by atoms with Crippen LogP contribution in [-0.4, -0.2) is 44.6 Å². The van der Waals surface area contributed by atoms with Crippen molar-refractivity contribution in [2.75, 3.05) is 13.7 Å². The fourth-order valence-electron chi connectivity index (χ4n) is 1.82. The molecule has 0 radical (unpaired) electrons. The number of nitrogens with zero attached hydrogens (tertiary/aromatic N) is 1. The van der Waals surface area contributed by atoms with Crippen molar-refractivity contribution in [2.24, 2.45) is 7.05 Å². The highest BCUT2D eigenvalue weighted by atomic mass is 32.2. The number of ether oxygens (including phenoxy) is 1. The van der Waals surface area contributed by atoms with Crippen LogP contribution >= 0.6 is 0 Å². The highest BCUT2D eigenvalue weighted by molar-refractivity contribution is 7.89.